The molecular weight excluding hydrogens is 224 g/mol. The summed E-state index contributed by atoms with van der Waals surface area (Å²) in [5.41, 5.74) is 2.11. The molecule has 1 heterocycles. The summed E-state index contributed by atoms with van der Waals surface area (Å²) >= 11 is 0. The van der Waals surface area contributed by atoms with Crippen molar-refractivity contribution in [1.29, 1.82) is 0 Å². The van der Waals surface area contributed by atoms with Gasteiger partial charge < -0.3 is 10.1 Å². The zero-order valence-corrected chi connectivity index (χ0v) is 10.3. The van der Waals surface area contributed by atoms with E-state index in [4.69, 9.17) is 4.74 Å². The molecule has 3 nitrogen and oxygen atoms in total. The second-order valence-electron chi connectivity index (χ2n) is 3.78. The number of hydrogen-bond donors (Lipinski definition) is 1. The van der Waals surface area contributed by atoms with Crippen molar-refractivity contribution in [2.24, 2.45) is 0 Å². The van der Waals surface area contributed by atoms with Crippen molar-refractivity contribution in [2.45, 2.75) is 0 Å². The van der Waals surface area contributed by atoms with Gasteiger partial charge >= 0.3 is 0 Å². The van der Waals surface area contributed by atoms with E-state index in [1.807, 2.05) is 43.5 Å². The van der Waals surface area contributed by atoms with Crippen LogP contribution in [0, 0.1) is 0 Å². The Morgan fingerprint density at radius 1 is 1.22 bits per heavy atom. The minimum absolute atomic E-state index is 0.531. The number of hydrogen-bond acceptors (Lipinski definition) is 3. The third-order valence-electron chi connectivity index (χ3n) is 2.46. The van der Waals surface area contributed by atoms with Crippen LogP contribution in [-0.2, 0) is 0 Å². The molecule has 0 unspecified atom stereocenters. The fourth-order valence-electron chi connectivity index (χ4n) is 1.53. The Morgan fingerprint density at radius 2 is 2.06 bits per heavy atom. The number of benzene rings is 1. The van der Waals surface area contributed by atoms with Gasteiger partial charge in [0.2, 0.25) is 0 Å². The molecule has 0 bridgehead atoms. The Kier molecular flexibility index (Phi) is 4.36. The zero-order valence-electron chi connectivity index (χ0n) is 10.3. The van der Waals surface area contributed by atoms with Crippen molar-refractivity contribution < 1.29 is 4.74 Å². The third kappa shape index (κ3) is 3.63. The summed E-state index contributed by atoms with van der Waals surface area (Å²) in [5.74, 6) is 0.763. The van der Waals surface area contributed by atoms with Crippen LogP contribution in [0.4, 0.5) is 5.69 Å². The first-order valence-electron chi connectivity index (χ1n) is 5.85. The molecule has 92 valence electrons. The summed E-state index contributed by atoms with van der Waals surface area (Å²) in [6, 6.07) is 12.1. The number of nitrogens with one attached hydrogen (secondary N) is 1. The first-order chi connectivity index (χ1) is 8.88. The number of pyridine rings is 1. The molecule has 0 aliphatic carbocycles. The van der Waals surface area contributed by atoms with Gasteiger partial charge in [-0.15, -0.1) is 0 Å². The highest BCUT2D eigenvalue weighted by Crippen LogP contribution is 2.14. The van der Waals surface area contributed by atoms with E-state index in [0.29, 0.717) is 6.61 Å². The summed E-state index contributed by atoms with van der Waals surface area (Å²) in [7, 11) is 1.86. The molecule has 3 heteroatoms. The van der Waals surface area contributed by atoms with Gasteiger partial charge in [-0.1, -0.05) is 36.4 Å². The van der Waals surface area contributed by atoms with Crippen LogP contribution in [0.25, 0.3) is 6.08 Å². The van der Waals surface area contributed by atoms with Crippen molar-refractivity contribution in [1.82, 2.24) is 4.98 Å². The Hall–Kier alpha value is -2.29. The van der Waals surface area contributed by atoms with Gasteiger partial charge in [0.15, 0.2) is 0 Å². The molecular formula is C15H16N2O. The van der Waals surface area contributed by atoms with Gasteiger partial charge in [-0.05, 0) is 11.6 Å². The van der Waals surface area contributed by atoms with E-state index in [1.54, 1.807) is 12.4 Å². The molecule has 0 fully saturated rings. The van der Waals surface area contributed by atoms with E-state index in [2.05, 4.69) is 22.4 Å². The molecule has 1 aromatic carbocycles. The predicted octanol–water partition coefficient (Wildman–Crippen LogP) is 3.22. The van der Waals surface area contributed by atoms with E-state index in [1.165, 1.54) is 5.56 Å². The summed E-state index contributed by atoms with van der Waals surface area (Å²) in [6.07, 6.45) is 7.49. The van der Waals surface area contributed by atoms with Gasteiger partial charge in [0.05, 0.1) is 18.1 Å². The molecule has 0 radical (unpaired) electrons. The molecule has 1 N–H and O–H groups in total. The molecule has 18 heavy (non-hydrogen) atoms. The van der Waals surface area contributed by atoms with Gasteiger partial charge in [-0.3, -0.25) is 4.98 Å². The number of nitrogens with zero attached hydrogens (tertiary/aromatic N) is 1. The summed E-state index contributed by atoms with van der Waals surface area (Å²) < 4.78 is 5.58. The third-order valence-corrected chi connectivity index (χ3v) is 2.46. The molecule has 0 amide bonds. The lowest BCUT2D eigenvalue weighted by Crippen LogP contribution is -1.95. The Bertz CT molecular complexity index is 509. The maximum absolute atomic E-state index is 5.58. The van der Waals surface area contributed by atoms with Crippen LogP contribution >= 0.6 is 0 Å². The average Bonchev–Trinajstić information content (AvgIpc) is 2.45. The van der Waals surface area contributed by atoms with E-state index >= 15 is 0 Å². The Labute approximate surface area is 107 Å². The molecule has 0 aliphatic rings. The molecule has 0 saturated carbocycles. The lowest BCUT2D eigenvalue weighted by molar-refractivity contribution is 0.362. The van der Waals surface area contributed by atoms with Crippen LogP contribution in [0.5, 0.6) is 5.75 Å². The predicted molar refractivity (Wildman–Crippen MR) is 74.8 cm³/mol. The minimum atomic E-state index is 0.531. The van der Waals surface area contributed by atoms with Crippen LogP contribution in [0.3, 0.4) is 0 Å². The van der Waals surface area contributed by atoms with Crippen LogP contribution in [0.15, 0.2) is 54.9 Å². The number of aromatic nitrogens is 1. The maximum atomic E-state index is 5.58. The number of ether oxygens (including phenoxy) is 1. The van der Waals surface area contributed by atoms with Crippen LogP contribution in [-0.4, -0.2) is 18.6 Å². The molecule has 0 aliphatic heterocycles. The van der Waals surface area contributed by atoms with Crippen molar-refractivity contribution in [2.75, 3.05) is 19.0 Å². The molecule has 0 saturated heterocycles. The van der Waals surface area contributed by atoms with Gasteiger partial charge in [0.1, 0.15) is 12.4 Å². The fraction of sp³-hybridized carbons (Fsp3) is 0.133. The highest BCUT2D eigenvalue weighted by atomic mass is 16.5. The highest BCUT2D eigenvalue weighted by Gasteiger charge is 1.94. The smallest absolute Gasteiger partial charge is 0.140 e. The van der Waals surface area contributed by atoms with Gasteiger partial charge in [-0.2, -0.15) is 0 Å². The van der Waals surface area contributed by atoms with Gasteiger partial charge in [0, 0.05) is 13.1 Å². The standard InChI is InChI=1S/C15H16N2O/c1-16-14-10-15(12-17-11-14)18-9-5-8-13-6-3-2-4-7-13/h2-8,10-12,16H,9H2,1H3/b8-5+. The van der Waals surface area contributed by atoms with Crippen molar-refractivity contribution >= 4 is 11.8 Å². The van der Waals surface area contributed by atoms with E-state index in [-0.39, 0.29) is 0 Å². The van der Waals surface area contributed by atoms with Crippen LogP contribution < -0.4 is 10.1 Å². The second-order valence-corrected chi connectivity index (χ2v) is 3.78. The van der Waals surface area contributed by atoms with Gasteiger partial charge in [0.25, 0.3) is 0 Å². The van der Waals surface area contributed by atoms with Crippen molar-refractivity contribution in [3.63, 3.8) is 0 Å². The normalized spacial score (nSPS) is 10.5. The van der Waals surface area contributed by atoms with Crippen molar-refractivity contribution in [3.05, 3.63) is 60.4 Å². The lowest BCUT2D eigenvalue weighted by atomic mass is 10.2. The first-order valence-corrected chi connectivity index (χ1v) is 5.85. The second kappa shape index (κ2) is 6.45. The monoisotopic (exact) mass is 240 g/mol. The topological polar surface area (TPSA) is 34.2 Å². The van der Waals surface area contributed by atoms with Crippen LogP contribution in [0.2, 0.25) is 0 Å². The molecule has 0 atom stereocenters. The average molecular weight is 240 g/mol. The Morgan fingerprint density at radius 3 is 2.83 bits per heavy atom. The fourth-order valence-corrected chi connectivity index (χ4v) is 1.53. The first kappa shape index (κ1) is 12.2. The zero-order chi connectivity index (χ0) is 12.6. The SMILES string of the molecule is CNc1cncc(OC/C=C/c2ccccc2)c1. The molecule has 2 aromatic rings. The largest absolute Gasteiger partial charge is 0.488 e. The van der Waals surface area contributed by atoms with E-state index in [0.717, 1.165) is 11.4 Å². The molecule has 2 rings (SSSR count). The van der Waals surface area contributed by atoms with E-state index < -0.39 is 0 Å². The van der Waals surface area contributed by atoms with Crippen LogP contribution in [0.1, 0.15) is 5.56 Å². The van der Waals surface area contributed by atoms with Crippen molar-refractivity contribution in [3.8, 4) is 5.75 Å². The highest BCUT2D eigenvalue weighted by molar-refractivity contribution is 5.49. The summed E-state index contributed by atoms with van der Waals surface area (Å²) in [5, 5.41) is 3.02. The Balaban J connectivity index is 1.86. The van der Waals surface area contributed by atoms with E-state index in [9.17, 15) is 0 Å². The number of anilines is 1. The quantitative estimate of drug-likeness (QED) is 0.871. The molecule has 1 aromatic heterocycles. The number of rotatable bonds is 5. The van der Waals surface area contributed by atoms with Gasteiger partial charge in [-0.25, -0.2) is 0 Å². The summed E-state index contributed by atoms with van der Waals surface area (Å²) in [6.45, 7) is 0.531. The lowest BCUT2D eigenvalue weighted by Gasteiger charge is -2.04. The molecule has 0 spiro atoms. The maximum Gasteiger partial charge on any atom is 0.140 e. The minimum Gasteiger partial charge on any atom is -0.488 e. The summed E-state index contributed by atoms with van der Waals surface area (Å²) in [4.78, 5) is 4.08.